The Morgan fingerprint density at radius 2 is 2.48 bits per heavy atom. The van der Waals surface area contributed by atoms with Crippen molar-refractivity contribution >= 4 is 17.7 Å². The molecule has 1 aliphatic carbocycles. The van der Waals surface area contributed by atoms with E-state index in [9.17, 15) is 4.79 Å². The van der Waals surface area contributed by atoms with Crippen molar-refractivity contribution in [2.45, 2.75) is 43.3 Å². The van der Waals surface area contributed by atoms with Gasteiger partial charge in [0, 0.05) is 12.8 Å². The molecule has 1 heterocycles. The topological polar surface area (TPSA) is 69.0 Å². The lowest BCUT2D eigenvalue weighted by atomic mass is 9.85. The van der Waals surface area contributed by atoms with Gasteiger partial charge in [0.1, 0.15) is 11.9 Å². The van der Waals surface area contributed by atoms with E-state index >= 15 is 0 Å². The second-order valence-corrected chi connectivity index (χ2v) is 6.45. The first-order valence-electron chi connectivity index (χ1n) is 7.44. The third kappa shape index (κ3) is 3.40. The van der Waals surface area contributed by atoms with E-state index in [2.05, 4.69) is 15.4 Å². The lowest BCUT2D eigenvalue weighted by molar-refractivity contribution is -0.150. The van der Waals surface area contributed by atoms with Crippen molar-refractivity contribution in [2.24, 2.45) is 13.0 Å². The molecule has 2 atom stereocenters. The maximum Gasteiger partial charge on any atom is 0.326 e. The molecule has 0 amide bonds. The number of hydrogen-bond donors (Lipinski definition) is 1. The predicted octanol–water partition coefficient (Wildman–Crippen LogP) is 1.62. The molecular weight excluding hydrogens is 288 g/mol. The molecule has 1 aromatic rings. The summed E-state index contributed by atoms with van der Waals surface area (Å²) in [5, 5.41) is 8.38. The highest BCUT2D eigenvalue weighted by Crippen LogP contribution is 2.39. The van der Waals surface area contributed by atoms with Crippen LogP contribution in [0.3, 0.4) is 0 Å². The Kier molecular flexibility index (Phi) is 5.64. The van der Waals surface area contributed by atoms with Crippen LogP contribution in [0.1, 0.15) is 32.6 Å². The number of aromatic nitrogens is 3. The monoisotopic (exact) mass is 312 g/mol. The number of likely N-dealkylation sites (N-methyl/N-ethyl adjacent to an activating group) is 1. The third-order valence-electron chi connectivity index (χ3n) is 4.23. The van der Waals surface area contributed by atoms with Crippen molar-refractivity contribution in [1.82, 2.24) is 20.1 Å². The molecule has 2 unspecified atom stereocenters. The summed E-state index contributed by atoms with van der Waals surface area (Å²) in [6.45, 7) is 2.82. The van der Waals surface area contributed by atoms with Crippen LogP contribution >= 0.6 is 11.8 Å². The molecule has 0 aliphatic heterocycles. The van der Waals surface area contributed by atoms with Crippen molar-refractivity contribution in [2.75, 3.05) is 19.4 Å². The minimum Gasteiger partial charge on any atom is -0.468 e. The van der Waals surface area contributed by atoms with E-state index in [0.717, 1.165) is 43.1 Å². The molecule has 7 heteroatoms. The van der Waals surface area contributed by atoms with Crippen LogP contribution in [0.2, 0.25) is 0 Å². The fourth-order valence-corrected chi connectivity index (χ4v) is 4.19. The maximum absolute atomic E-state index is 12.3. The molecule has 6 nitrogen and oxygen atoms in total. The van der Waals surface area contributed by atoms with Gasteiger partial charge < -0.3 is 10.1 Å². The zero-order valence-corrected chi connectivity index (χ0v) is 13.8. The summed E-state index contributed by atoms with van der Waals surface area (Å²) in [7, 11) is 3.37. The average molecular weight is 312 g/mol. The predicted molar refractivity (Wildman–Crippen MR) is 82.1 cm³/mol. The summed E-state index contributed by atoms with van der Waals surface area (Å²) < 4.78 is 6.83. The van der Waals surface area contributed by atoms with Crippen molar-refractivity contribution in [1.29, 1.82) is 0 Å². The lowest BCUT2D eigenvalue weighted by Crippen LogP contribution is -2.55. The molecule has 0 saturated heterocycles. The van der Waals surface area contributed by atoms with Crippen LogP contribution in [0.4, 0.5) is 0 Å². The number of aryl methyl sites for hydroxylation is 1. The van der Waals surface area contributed by atoms with E-state index in [0.29, 0.717) is 5.92 Å². The quantitative estimate of drug-likeness (QED) is 0.609. The Bertz CT molecular complexity index is 479. The molecule has 2 rings (SSSR count). The molecule has 1 fully saturated rings. The molecule has 0 aromatic carbocycles. The minimum atomic E-state index is -0.496. The first-order chi connectivity index (χ1) is 10.1. The van der Waals surface area contributed by atoms with Crippen molar-refractivity contribution in [3.05, 3.63) is 6.33 Å². The van der Waals surface area contributed by atoms with Crippen LogP contribution in [-0.2, 0) is 16.6 Å². The molecular formula is C14H24N4O2S. The summed E-state index contributed by atoms with van der Waals surface area (Å²) in [4.78, 5) is 16.5. The van der Waals surface area contributed by atoms with Crippen LogP contribution < -0.4 is 5.32 Å². The number of carbonyl (C=O) groups excluding carboxylic acids is 1. The Hall–Kier alpha value is -1.08. The van der Waals surface area contributed by atoms with E-state index in [-0.39, 0.29) is 5.97 Å². The number of carbonyl (C=O) groups is 1. The fourth-order valence-electron chi connectivity index (χ4n) is 3.25. The molecule has 0 bridgehead atoms. The Balaban J connectivity index is 1.97. The third-order valence-corrected chi connectivity index (χ3v) is 5.30. The van der Waals surface area contributed by atoms with Crippen molar-refractivity contribution < 1.29 is 9.53 Å². The summed E-state index contributed by atoms with van der Waals surface area (Å²) in [6.07, 6.45) is 5.55. The summed E-state index contributed by atoms with van der Waals surface area (Å²) in [5.74, 6) is 1.14. The minimum absolute atomic E-state index is 0.115. The van der Waals surface area contributed by atoms with Crippen LogP contribution in [-0.4, -0.2) is 45.7 Å². The molecule has 21 heavy (non-hydrogen) atoms. The zero-order valence-electron chi connectivity index (χ0n) is 13.0. The first kappa shape index (κ1) is 16.3. The molecule has 0 radical (unpaired) electrons. The Labute approximate surface area is 130 Å². The Morgan fingerprint density at radius 1 is 1.67 bits per heavy atom. The van der Waals surface area contributed by atoms with E-state index in [4.69, 9.17) is 4.74 Å². The number of nitrogens with zero attached hydrogens (tertiary/aromatic N) is 3. The first-order valence-corrected chi connectivity index (χ1v) is 8.43. The van der Waals surface area contributed by atoms with Gasteiger partial charge in [-0.1, -0.05) is 25.1 Å². The van der Waals surface area contributed by atoms with Gasteiger partial charge >= 0.3 is 5.97 Å². The van der Waals surface area contributed by atoms with Crippen molar-refractivity contribution in [3.63, 3.8) is 0 Å². The number of nitrogens with one attached hydrogen (secondary N) is 1. The van der Waals surface area contributed by atoms with Crippen molar-refractivity contribution in [3.8, 4) is 0 Å². The zero-order chi connectivity index (χ0) is 15.3. The second-order valence-electron chi connectivity index (χ2n) is 5.39. The molecule has 0 spiro atoms. The van der Waals surface area contributed by atoms with Gasteiger partial charge in [-0.05, 0) is 31.7 Å². The normalized spacial score (nSPS) is 25.2. The average Bonchev–Trinajstić information content (AvgIpc) is 3.07. The van der Waals surface area contributed by atoms with E-state index in [1.165, 1.54) is 7.11 Å². The fraction of sp³-hybridized carbons (Fsp3) is 0.786. The standard InChI is InChI=1S/C14H24N4O2S/c1-4-16-14(12(19)20-3)8-5-6-11(14)7-9-21-13-15-10-17-18(13)2/h10-11,16H,4-9H2,1-3H3. The van der Waals surface area contributed by atoms with Gasteiger partial charge in [-0.25, -0.2) is 9.67 Å². The second kappa shape index (κ2) is 7.26. The number of hydrogen-bond acceptors (Lipinski definition) is 6. The molecule has 1 N–H and O–H groups in total. The van der Waals surface area contributed by atoms with Gasteiger partial charge in [0.2, 0.25) is 0 Å². The van der Waals surface area contributed by atoms with Crippen LogP contribution in [0, 0.1) is 5.92 Å². The number of thioether (sulfide) groups is 1. The Morgan fingerprint density at radius 3 is 3.10 bits per heavy atom. The molecule has 1 aliphatic rings. The van der Waals surface area contributed by atoms with E-state index in [1.807, 2.05) is 14.0 Å². The largest absolute Gasteiger partial charge is 0.468 e. The summed E-state index contributed by atoms with van der Waals surface area (Å²) >= 11 is 1.69. The van der Waals surface area contributed by atoms with E-state index in [1.54, 1.807) is 22.8 Å². The van der Waals surface area contributed by atoms with Gasteiger partial charge in [0.15, 0.2) is 5.16 Å². The van der Waals surface area contributed by atoms with Gasteiger partial charge in [-0.2, -0.15) is 5.10 Å². The summed E-state index contributed by atoms with van der Waals surface area (Å²) in [6, 6.07) is 0. The highest BCUT2D eigenvalue weighted by atomic mass is 32.2. The number of methoxy groups -OCH3 is 1. The van der Waals surface area contributed by atoms with Crippen LogP contribution in [0.25, 0.3) is 0 Å². The number of esters is 1. The van der Waals surface area contributed by atoms with Crippen LogP contribution in [0.15, 0.2) is 11.5 Å². The smallest absolute Gasteiger partial charge is 0.326 e. The van der Waals surface area contributed by atoms with Gasteiger partial charge in [0.05, 0.1) is 7.11 Å². The van der Waals surface area contributed by atoms with Gasteiger partial charge in [-0.15, -0.1) is 0 Å². The summed E-state index contributed by atoms with van der Waals surface area (Å²) in [5.41, 5.74) is -0.496. The highest BCUT2D eigenvalue weighted by molar-refractivity contribution is 7.99. The SMILES string of the molecule is CCNC1(C(=O)OC)CCCC1CCSc1ncnn1C. The number of rotatable bonds is 7. The molecule has 1 aromatic heterocycles. The maximum atomic E-state index is 12.3. The molecule has 118 valence electrons. The van der Waals surface area contributed by atoms with Crippen LogP contribution in [0.5, 0.6) is 0 Å². The number of ether oxygens (including phenoxy) is 1. The molecule has 1 saturated carbocycles. The van der Waals surface area contributed by atoms with Gasteiger partial charge in [0.25, 0.3) is 0 Å². The van der Waals surface area contributed by atoms with Gasteiger partial charge in [-0.3, -0.25) is 4.79 Å². The van der Waals surface area contributed by atoms with E-state index < -0.39 is 5.54 Å². The lowest BCUT2D eigenvalue weighted by Gasteiger charge is -2.33. The highest BCUT2D eigenvalue weighted by Gasteiger charge is 2.48.